The highest BCUT2D eigenvalue weighted by Crippen LogP contribution is 2.14. The first-order chi connectivity index (χ1) is 34.0. The van der Waals surface area contributed by atoms with Crippen molar-refractivity contribution >= 4 is 17.9 Å². The van der Waals surface area contributed by atoms with Crippen LogP contribution in [-0.2, 0) is 28.6 Å². The third-order valence-corrected chi connectivity index (χ3v) is 12.1. The topological polar surface area (TPSA) is 78.9 Å². The van der Waals surface area contributed by atoms with Crippen LogP contribution in [0, 0.1) is 0 Å². The van der Waals surface area contributed by atoms with Gasteiger partial charge in [-0.25, -0.2) is 0 Å². The molecule has 0 radical (unpaired) electrons. The number of rotatable bonds is 51. The standard InChI is InChI=1S/C63H106O6/c1-4-7-10-13-16-19-22-25-28-30-31-33-35-38-41-44-47-50-53-56-62(65)68-59-60(58-67-61(64)55-52-49-46-43-40-37-34-27-24-21-18-15-12-9-6-3)69-63(66)57-54-51-48-45-42-39-36-32-29-26-23-20-17-14-11-8-5-2/h16-22,24-27,29,36,39,45,48,60H,4-15,23,28,30-35,37-38,40-44,46-47,49-59H2,1-3H3/b19-16-,20-17-,21-18-,25-22-,27-24-,29-26-,39-36-,48-45-. The summed E-state index contributed by atoms with van der Waals surface area (Å²) in [6.45, 7) is 6.50. The first kappa shape index (κ1) is 65.3. The molecule has 0 aromatic rings. The number of carbonyl (C=O) groups excluding carboxylic acids is 3. The summed E-state index contributed by atoms with van der Waals surface area (Å²) in [4.78, 5) is 38.1. The van der Waals surface area contributed by atoms with E-state index >= 15 is 0 Å². The number of esters is 3. The van der Waals surface area contributed by atoms with Crippen LogP contribution in [0.25, 0.3) is 0 Å². The minimum atomic E-state index is -0.814. The fourth-order valence-electron chi connectivity index (χ4n) is 7.71. The first-order valence-corrected chi connectivity index (χ1v) is 28.8. The van der Waals surface area contributed by atoms with Crippen molar-refractivity contribution in [2.45, 2.75) is 271 Å². The smallest absolute Gasteiger partial charge is 0.306 e. The van der Waals surface area contributed by atoms with Gasteiger partial charge in [0.05, 0.1) is 0 Å². The van der Waals surface area contributed by atoms with E-state index < -0.39 is 6.10 Å². The summed E-state index contributed by atoms with van der Waals surface area (Å²) in [5.41, 5.74) is 0. The van der Waals surface area contributed by atoms with Gasteiger partial charge in [-0.2, -0.15) is 0 Å². The van der Waals surface area contributed by atoms with Gasteiger partial charge in [-0.05, 0) is 109 Å². The van der Waals surface area contributed by atoms with Crippen LogP contribution in [0.3, 0.4) is 0 Å². The molecule has 394 valence electrons. The van der Waals surface area contributed by atoms with E-state index in [9.17, 15) is 14.4 Å². The molecule has 6 nitrogen and oxygen atoms in total. The highest BCUT2D eigenvalue weighted by molar-refractivity contribution is 5.71. The van der Waals surface area contributed by atoms with Gasteiger partial charge in [-0.1, -0.05) is 234 Å². The van der Waals surface area contributed by atoms with Crippen molar-refractivity contribution in [1.29, 1.82) is 0 Å². The Morgan fingerprint density at radius 3 is 0.942 bits per heavy atom. The van der Waals surface area contributed by atoms with Crippen molar-refractivity contribution in [3.8, 4) is 0 Å². The molecule has 0 fully saturated rings. The van der Waals surface area contributed by atoms with Crippen LogP contribution in [-0.4, -0.2) is 37.2 Å². The molecule has 0 saturated heterocycles. The van der Waals surface area contributed by atoms with E-state index in [1.54, 1.807) is 0 Å². The molecule has 0 aromatic carbocycles. The lowest BCUT2D eigenvalue weighted by atomic mass is 10.1. The van der Waals surface area contributed by atoms with Crippen molar-refractivity contribution in [2.24, 2.45) is 0 Å². The zero-order valence-corrected chi connectivity index (χ0v) is 45.0. The summed E-state index contributed by atoms with van der Waals surface area (Å²) in [7, 11) is 0. The van der Waals surface area contributed by atoms with Gasteiger partial charge in [0.25, 0.3) is 0 Å². The van der Waals surface area contributed by atoms with Crippen LogP contribution in [0.2, 0.25) is 0 Å². The van der Waals surface area contributed by atoms with Gasteiger partial charge in [0, 0.05) is 19.3 Å². The Morgan fingerprint density at radius 1 is 0.304 bits per heavy atom. The Balaban J connectivity index is 4.48. The third-order valence-electron chi connectivity index (χ3n) is 12.1. The average molecular weight is 960 g/mol. The monoisotopic (exact) mass is 959 g/mol. The van der Waals surface area contributed by atoms with Gasteiger partial charge < -0.3 is 14.2 Å². The highest BCUT2D eigenvalue weighted by Gasteiger charge is 2.19. The molecule has 0 spiro atoms. The summed E-state index contributed by atoms with van der Waals surface area (Å²) in [5.74, 6) is -0.974. The molecule has 0 aromatic heterocycles. The van der Waals surface area contributed by atoms with Gasteiger partial charge in [0.2, 0.25) is 0 Å². The Morgan fingerprint density at radius 2 is 0.580 bits per heavy atom. The van der Waals surface area contributed by atoms with Gasteiger partial charge >= 0.3 is 17.9 Å². The van der Waals surface area contributed by atoms with Crippen LogP contribution in [0.1, 0.15) is 265 Å². The van der Waals surface area contributed by atoms with Crippen molar-refractivity contribution in [3.05, 3.63) is 97.2 Å². The van der Waals surface area contributed by atoms with E-state index in [2.05, 4.69) is 118 Å². The number of hydrogen-bond donors (Lipinski definition) is 0. The second kappa shape index (κ2) is 56.9. The van der Waals surface area contributed by atoms with E-state index in [0.29, 0.717) is 19.3 Å². The van der Waals surface area contributed by atoms with E-state index in [-0.39, 0.29) is 37.5 Å². The van der Waals surface area contributed by atoms with Crippen molar-refractivity contribution in [2.75, 3.05) is 13.2 Å². The molecule has 0 aliphatic carbocycles. The minimum absolute atomic E-state index is 0.105. The average Bonchev–Trinajstić information content (AvgIpc) is 3.35. The Bertz CT molecular complexity index is 1380. The zero-order valence-electron chi connectivity index (χ0n) is 45.0. The molecule has 6 heteroatoms. The van der Waals surface area contributed by atoms with Gasteiger partial charge in [0.1, 0.15) is 13.2 Å². The summed E-state index contributed by atoms with van der Waals surface area (Å²) in [6.07, 6.45) is 75.4. The van der Waals surface area contributed by atoms with Crippen LogP contribution >= 0.6 is 0 Å². The quantitative estimate of drug-likeness (QED) is 0.0199. The van der Waals surface area contributed by atoms with Gasteiger partial charge in [0.15, 0.2) is 6.10 Å². The number of allylic oxidation sites excluding steroid dienone is 16. The second-order valence-corrected chi connectivity index (χ2v) is 18.9. The maximum Gasteiger partial charge on any atom is 0.306 e. The van der Waals surface area contributed by atoms with E-state index in [1.165, 1.54) is 141 Å². The highest BCUT2D eigenvalue weighted by atomic mass is 16.6. The van der Waals surface area contributed by atoms with Crippen molar-refractivity contribution < 1.29 is 28.6 Å². The molecular formula is C63H106O6. The maximum absolute atomic E-state index is 12.8. The predicted octanol–water partition coefficient (Wildman–Crippen LogP) is 19.3. The lowest BCUT2D eigenvalue weighted by molar-refractivity contribution is -0.167. The molecule has 0 N–H and O–H groups in total. The minimum Gasteiger partial charge on any atom is -0.462 e. The molecule has 0 heterocycles. The fraction of sp³-hybridized carbons (Fsp3) is 0.698. The molecular weight excluding hydrogens is 853 g/mol. The fourth-order valence-corrected chi connectivity index (χ4v) is 7.71. The molecule has 0 bridgehead atoms. The molecule has 69 heavy (non-hydrogen) atoms. The van der Waals surface area contributed by atoms with Crippen LogP contribution in [0.4, 0.5) is 0 Å². The molecule has 0 aliphatic rings. The normalized spacial score (nSPS) is 12.8. The van der Waals surface area contributed by atoms with Gasteiger partial charge in [-0.3, -0.25) is 14.4 Å². The molecule has 1 unspecified atom stereocenters. The number of ether oxygens (including phenoxy) is 3. The Labute approximate surface area is 426 Å². The maximum atomic E-state index is 12.8. The van der Waals surface area contributed by atoms with E-state index in [0.717, 1.165) is 77.0 Å². The molecule has 0 amide bonds. The second-order valence-electron chi connectivity index (χ2n) is 18.9. The first-order valence-electron chi connectivity index (χ1n) is 28.8. The summed E-state index contributed by atoms with van der Waals surface area (Å²) < 4.78 is 16.8. The molecule has 0 rings (SSSR count). The van der Waals surface area contributed by atoms with Gasteiger partial charge in [-0.15, -0.1) is 0 Å². The largest absolute Gasteiger partial charge is 0.462 e. The Kier molecular flexibility index (Phi) is 53.9. The Hall–Kier alpha value is -3.67. The van der Waals surface area contributed by atoms with Crippen LogP contribution in [0.15, 0.2) is 97.2 Å². The molecule has 0 aliphatic heterocycles. The SMILES string of the molecule is CCCCC/C=C\C=C/CCCCCCCCCCCCC(=O)OCC(COC(=O)CCCCCCCC/C=C\C=C/CCCCC)OC(=O)CCC/C=C\C/C=C\C/C=C\C/C=C\CCCCC. The summed E-state index contributed by atoms with van der Waals surface area (Å²) in [5, 5.41) is 0. The lowest BCUT2D eigenvalue weighted by Gasteiger charge is -2.18. The molecule has 1 atom stereocenters. The summed E-state index contributed by atoms with van der Waals surface area (Å²) >= 11 is 0. The third kappa shape index (κ3) is 55.1. The van der Waals surface area contributed by atoms with Crippen molar-refractivity contribution in [3.63, 3.8) is 0 Å². The number of carbonyl (C=O) groups is 3. The zero-order chi connectivity index (χ0) is 50.0. The van der Waals surface area contributed by atoms with Crippen LogP contribution in [0.5, 0.6) is 0 Å². The lowest BCUT2D eigenvalue weighted by Crippen LogP contribution is -2.30. The predicted molar refractivity (Wildman–Crippen MR) is 297 cm³/mol. The number of hydrogen-bond acceptors (Lipinski definition) is 6. The van der Waals surface area contributed by atoms with Crippen LogP contribution < -0.4 is 0 Å². The van der Waals surface area contributed by atoms with E-state index in [1.807, 2.05) is 0 Å². The number of unbranched alkanes of at least 4 members (excludes halogenated alkanes) is 26. The summed E-state index contributed by atoms with van der Waals surface area (Å²) in [6, 6.07) is 0. The van der Waals surface area contributed by atoms with E-state index in [4.69, 9.17) is 14.2 Å². The molecule has 0 saturated carbocycles. The van der Waals surface area contributed by atoms with Crippen molar-refractivity contribution in [1.82, 2.24) is 0 Å².